The highest BCUT2D eigenvalue weighted by atomic mass is 16.5. The molecule has 0 aliphatic carbocycles. The molecule has 1 aliphatic heterocycles. The molecule has 0 aromatic rings. The molecule has 6 nitrogen and oxygen atoms in total. The Morgan fingerprint density at radius 2 is 2.24 bits per heavy atom. The average molecular weight is 241 g/mol. The zero-order valence-corrected chi connectivity index (χ0v) is 10.1. The van der Waals surface area contributed by atoms with Gasteiger partial charge in [0.1, 0.15) is 6.67 Å². The van der Waals surface area contributed by atoms with Gasteiger partial charge >= 0.3 is 6.03 Å². The molecular weight excluding hydrogens is 222 g/mol. The third-order valence-electron chi connectivity index (χ3n) is 2.93. The summed E-state index contributed by atoms with van der Waals surface area (Å²) in [7, 11) is 1.74. The molecule has 1 N–H and O–H groups in total. The van der Waals surface area contributed by atoms with E-state index in [2.05, 4.69) is 10.3 Å². The van der Waals surface area contributed by atoms with Gasteiger partial charge in [0.05, 0.1) is 0 Å². The molecule has 0 bridgehead atoms. The van der Waals surface area contributed by atoms with Crippen LogP contribution in [0.4, 0.5) is 4.79 Å². The van der Waals surface area contributed by atoms with Crippen LogP contribution in [0.1, 0.15) is 19.3 Å². The second-order valence-corrected chi connectivity index (χ2v) is 4.16. The number of hydrogen-bond acceptors (Lipinski definition) is 4. The molecule has 0 aromatic carbocycles. The summed E-state index contributed by atoms with van der Waals surface area (Å²) < 4.78 is 5.28. The zero-order chi connectivity index (χ0) is 12.5. The first-order chi connectivity index (χ1) is 8.24. The third kappa shape index (κ3) is 5.47. The lowest BCUT2D eigenvalue weighted by Crippen LogP contribution is -2.38. The van der Waals surface area contributed by atoms with E-state index in [1.54, 1.807) is 11.9 Å². The lowest BCUT2D eigenvalue weighted by molar-refractivity contribution is 0.0619. The van der Waals surface area contributed by atoms with Gasteiger partial charge in [-0.05, 0) is 25.2 Å². The van der Waals surface area contributed by atoms with Crippen LogP contribution in [-0.2, 0) is 9.53 Å². The molecule has 17 heavy (non-hydrogen) atoms. The quantitative estimate of drug-likeness (QED) is 0.570. The van der Waals surface area contributed by atoms with Crippen molar-refractivity contribution in [1.29, 1.82) is 0 Å². The molecule has 1 heterocycles. The lowest BCUT2D eigenvalue weighted by Gasteiger charge is -2.24. The maximum Gasteiger partial charge on any atom is 0.318 e. The summed E-state index contributed by atoms with van der Waals surface area (Å²) >= 11 is 0. The van der Waals surface area contributed by atoms with E-state index >= 15 is 0 Å². The van der Waals surface area contributed by atoms with E-state index < -0.39 is 0 Å². The van der Waals surface area contributed by atoms with Crippen molar-refractivity contribution in [3.05, 3.63) is 0 Å². The Hall–Kier alpha value is -1.39. The third-order valence-corrected chi connectivity index (χ3v) is 2.93. The Morgan fingerprint density at radius 1 is 1.53 bits per heavy atom. The number of isocyanates is 1. The number of carbonyl (C=O) groups is 1. The number of ether oxygens (including phenoxy) is 1. The van der Waals surface area contributed by atoms with E-state index in [9.17, 15) is 9.59 Å². The van der Waals surface area contributed by atoms with E-state index in [1.165, 1.54) is 6.08 Å². The van der Waals surface area contributed by atoms with Crippen LogP contribution in [0, 0.1) is 5.92 Å². The van der Waals surface area contributed by atoms with E-state index in [1.807, 2.05) is 0 Å². The summed E-state index contributed by atoms with van der Waals surface area (Å²) in [6, 6.07) is -0.212. The Labute approximate surface area is 101 Å². The number of aliphatic imine (C=N–C) groups is 1. The van der Waals surface area contributed by atoms with Crippen LogP contribution in [0.3, 0.4) is 0 Å². The summed E-state index contributed by atoms with van der Waals surface area (Å²) in [4.78, 5) is 26.2. The number of nitrogens with one attached hydrogen (secondary N) is 1. The van der Waals surface area contributed by atoms with Gasteiger partial charge in [-0.15, -0.1) is 0 Å². The fraction of sp³-hybridized carbons (Fsp3) is 0.818. The Balaban J connectivity index is 2.16. The molecule has 1 aliphatic rings. The van der Waals surface area contributed by atoms with E-state index in [0.29, 0.717) is 12.5 Å². The van der Waals surface area contributed by atoms with Gasteiger partial charge in [0, 0.05) is 26.8 Å². The summed E-state index contributed by atoms with van der Waals surface area (Å²) in [5.41, 5.74) is 0. The van der Waals surface area contributed by atoms with Gasteiger partial charge in [0.2, 0.25) is 6.08 Å². The van der Waals surface area contributed by atoms with E-state index in [4.69, 9.17) is 4.74 Å². The Morgan fingerprint density at radius 3 is 2.88 bits per heavy atom. The molecule has 6 heteroatoms. The fourth-order valence-corrected chi connectivity index (χ4v) is 1.79. The van der Waals surface area contributed by atoms with Crippen molar-refractivity contribution < 1.29 is 14.3 Å². The van der Waals surface area contributed by atoms with Crippen LogP contribution in [0.2, 0.25) is 0 Å². The molecule has 0 aromatic heterocycles. The van der Waals surface area contributed by atoms with Gasteiger partial charge < -0.3 is 15.0 Å². The molecule has 2 amide bonds. The first-order valence-electron chi connectivity index (χ1n) is 5.84. The molecule has 0 atom stereocenters. The molecule has 1 fully saturated rings. The number of hydrogen-bond donors (Lipinski definition) is 1. The molecule has 0 radical (unpaired) electrons. The summed E-state index contributed by atoms with van der Waals surface area (Å²) in [6.45, 7) is 2.36. The largest absolute Gasteiger partial charge is 0.381 e. The van der Waals surface area contributed by atoms with Crippen molar-refractivity contribution in [2.45, 2.75) is 19.3 Å². The summed E-state index contributed by atoms with van der Waals surface area (Å²) in [6.07, 6.45) is 4.51. The van der Waals surface area contributed by atoms with Gasteiger partial charge in [-0.25, -0.2) is 9.59 Å². The average Bonchev–Trinajstić information content (AvgIpc) is 2.37. The molecule has 0 saturated carbocycles. The van der Waals surface area contributed by atoms with Gasteiger partial charge in [-0.2, -0.15) is 4.99 Å². The fourth-order valence-electron chi connectivity index (χ4n) is 1.79. The smallest absolute Gasteiger partial charge is 0.318 e. The number of urea groups is 1. The highest BCUT2D eigenvalue weighted by molar-refractivity contribution is 5.73. The second kappa shape index (κ2) is 7.81. The van der Waals surface area contributed by atoms with Gasteiger partial charge in [-0.1, -0.05) is 0 Å². The molecule has 1 saturated heterocycles. The van der Waals surface area contributed by atoms with Crippen molar-refractivity contribution in [1.82, 2.24) is 10.2 Å². The minimum Gasteiger partial charge on any atom is -0.381 e. The predicted octanol–water partition coefficient (Wildman–Crippen LogP) is 0.738. The van der Waals surface area contributed by atoms with Crippen LogP contribution in [0.15, 0.2) is 4.99 Å². The highest BCUT2D eigenvalue weighted by Crippen LogP contribution is 2.18. The van der Waals surface area contributed by atoms with Crippen molar-refractivity contribution in [3.8, 4) is 0 Å². The van der Waals surface area contributed by atoms with Gasteiger partial charge in [0.25, 0.3) is 0 Å². The highest BCUT2D eigenvalue weighted by Gasteiger charge is 2.15. The number of amides is 2. The maximum atomic E-state index is 11.5. The standard InChI is InChI=1S/C11H19N3O3/c1-14(11(16)13-8-12-9-15)5-2-10-3-6-17-7-4-10/h10H,2-8H2,1H3,(H,13,16). The SMILES string of the molecule is CN(CCC1CCOCC1)C(=O)NCN=C=O. The summed E-state index contributed by atoms with van der Waals surface area (Å²) in [5, 5.41) is 2.50. The minimum atomic E-state index is -0.212. The number of rotatable bonds is 5. The normalized spacial score (nSPS) is 16.1. The zero-order valence-electron chi connectivity index (χ0n) is 10.1. The first-order valence-corrected chi connectivity index (χ1v) is 5.84. The van der Waals surface area contributed by atoms with Crippen LogP contribution in [0.5, 0.6) is 0 Å². The van der Waals surface area contributed by atoms with Crippen molar-refractivity contribution in [3.63, 3.8) is 0 Å². The molecule has 1 rings (SSSR count). The number of carbonyl (C=O) groups excluding carboxylic acids is 2. The maximum absolute atomic E-state index is 11.5. The molecule has 0 spiro atoms. The predicted molar refractivity (Wildman–Crippen MR) is 62.3 cm³/mol. The molecule has 96 valence electrons. The first kappa shape index (κ1) is 13.7. The number of nitrogens with zero attached hydrogens (tertiary/aromatic N) is 2. The van der Waals surface area contributed by atoms with Gasteiger partial charge in [-0.3, -0.25) is 0 Å². The monoisotopic (exact) mass is 241 g/mol. The molecular formula is C11H19N3O3. The van der Waals surface area contributed by atoms with Crippen molar-refractivity contribution in [2.24, 2.45) is 10.9 Å². The van der Waals surface area contributed by atoms with Crippen molar-refractivity contribution >= 4 is 12.1 Å². The molecule has 0 unspecified atom stereocenters. The van der Waals surface area contributed by atoms with Crippen molar-refractivity contribution in [2.75, 3.05) is 33.5 Å². The topological polar surface area (TPSA) is 71.0 Å². The second-order valence-electron chi connectivity index (χ2n) is 4.16. The van der Waals surface area contributed by atoms with Crippen LogP contribution >= 0.6 is 0 Å². The van der Waals surface area contributed by atoms with E-state index in [-0.39, 0.29) is 12.7 Å². The van der Waals surface area contributed by atoms with Crippen LogP contribution < -0.4 is 5.32 Å². The van der Waals surface area contributed by atoms with Crippen LogP contribution in [0.25, 0.3) is 0 Å². The Kier molecular flexibility index (Phi) is 6.29. The van der Waals surface area contributed by atoms with E-state index in [0.717, 1.165) is 32.5 Å². The lowest BCUT2D eigenvalue weighted by atomic mass is 9.96. The summed E-state index contributed by atoms with van der Waals surface area (Å²) in [5.74, 6) is 0.645. The van der Waals surface area contributed by atoms with Crippen LogP contribution in [-0.4, -0.2) is 50.5 Å². The Bertz CT molecular complexity index is 284. The minimum absolute atomic E-state index is 0.00998. The van der Waals surface area contributed by atoms with Gasteiger partial charge in [0.15, 0.2) is 0 Å².